The van der Waals surface area contributed by atoms with Crippen molar-refractivity contribution in [1.82, 2.24) is 40.9 Å². The lowest BCUT2D eigenvalue weighted by Gasteiger charge is -2.38. The quantitative estimate of drug-likeness (QED) is 0.102. The van der Waals surface area contributed by atoms with Crippen LogP contribution in [0.4, 0.5) is 11.4 Å². The Morgan fingerprint density at radius 2 is 1.62 bits per heavy atom. The smallest absolute Gasteiger partial charge is 0.293 e. The summed E-state index contributed by atoms with van der Waals surface area (Å²) in [5.41, 5.74) is 9.53. The Morgan fingerprint density at radius 1 is 0.894 bits per heavy atom. The van der Waals surface area contributed by atoms with E-state index in [9.17, 15) is 14.4 Å². The third-order valence-electron chi connectivity index (χ3n) is 13.7. The van der Waals surface area contributed by atoms with Crippen molar-refractivity contribution >= 4 is 40.1 Å². The van der Waals surface area contributed by atoms with Crippen LogP contribution in [0.25, 0.3) is 33.4 Å². The predicted octanol–water partition coefficient (Wildman–Crippen LogP) is 7.73. The second-order valence-corrected chi connectivity index (χ2v) is 19.2. The van der Waals surface area contributed by atoms with Crippen LogP contribution < -0.4 is 25.2 Å². The maximum absolute atomic E-state index is 13.0. The molecule has 0 radical (unpaired) electrons. The number of rotatable bonds is 12. The number of amides is 3. The summed E-state index contributed by atoms with van der Waals surface area (Å²) in [5, 5.41) is 18.1. The van der Waals surface area contributed by atoms with Crippen LogP contribution in [0.2, 0.25) is 0 Å². The number of anilines is 2. The molecule has 3 amide bonds. The number of piperidine rings is 2. The zero-order chi connectivity index (χ0) is 46.1. The molecule has 66 heavy (non-hydrogen) atoms. The van der Waals surface area contributed by atoms with Crippen LogP contribution in [0.5, 0.6) is 5.75 Å². The number of H-pyrrole nitrogens is 1. The first-order valence-corrected chi connectivity index (χ1v) is 23.3. The second-order valence-electron chi connectivity index (χ2n) is 19.2. The molecular formula is C51H60N10O5. The van der Waals surface area contributed by atoms with Gasteiger partial charge >= 0.3 is 0 Å². The van der Waals surface area contributed by atoms with Crippen molar-refractivity contribution in [3.63, 3.8) is 0 Å². The van der Waals surface area contributed by atoms with Crippen LogP contribution in [-0.2, 0) is 15.0 Å². The molecule has 6 aromatic rings. The van der Waals surface area contributed by atoms with E-state index in [0.29, 0.717) is 36.0 Å². The Labute approximate surface area is 385 Å². The standard InChI is InChI=1S/C51H60N10O5/c1-31-27-35(9-13-39(31)32(2)53-49(64)47-55-50(66-58-47)51(3,4)5)45-42-28-36(30-52-46(42)57-56-45)34-7-10-37(11-8-34)61-25-23-59(24-26-61)20-17-33-18-21-60(22-19-33)38-12-14-40(43(29-38)65-6)41-15-16-44(62)54-48(41)63/h7-14,27-30,32-33,41H,15-26H2,1-6H3,(H,53,64)(H,52,56,57)(H,54,62,63)/t32-,41?/m1/s1. The van der Waals surface area contributed by atoms with Gasteiger partial charge in [0.2, 0.25) is 17.7 Å². The highest BCUT2D eigenvalue weighted by Crippen LogP contribution is 2.37. The maximum Gasteiger partial charge on any atom is 0.293 e. The van der Waals surface area contributed by atoms with Gasteiger partial charge in [0.1, 0.15) is 5.75 Å². The van der Waals surface area contributed by atoms with Gasteiger partial charge in [-0.1, -0.05) is 56.3 Å². The number of aromatic nitrogens is 5. The number of imide groups is 1. The highest BCUT2D eigenvalue weighted by Gasteiger charge is 2.31. The molecule has 0 spiro atoms. The molecule has 9 rings (SSSR count). The number of nitrogens with zero attached hydrogens (tertiary/aromatic N) is 7. The maximum atomic E-state index is 13.0. The number of aryl methyl sites for hydroxylation is 1. The molecule has 3 saturated heterocycles. The third kappa shape index (κ3) is 9.53. The molecule has 1 unspecified atom stereocenters. The van der Waals surface area contributed by atoms with E-state index in [-0.39, 0.29) is 40.9 Å². The number of piperazine rings is 1. The fourth-order valence-corrected chi connectivity index (χ4v) is 9.67. The molecule has 344 valence electrons. The molecule has 15 nitrogen and oxygen atoms in total. The van der Waals surface area contributed by atoms with Gasteiger partial charge in [0.15, 0.2) is 5.65 Å². The van der Waals surface area contributed by atoms with Gasteiger partial charge in [-0.2, -0.15) is 10.1 Å². The molecule has 2 atom stereocenters. The van der Waals surface area contributed by atoms with Crippen LogP contribution in [0, 0.1) is 12.8 Å². The number of nitrogens with one attached hydrogen (secondary N) is 3. The molecule has 0 bridgehead atoms. The predicted molar refractivity (Wildman–Crippen MR) is 255 cm³/mol. The normalized spacial score (nSPS) is 18.1. The van der Waals surface area contributed by atoms with Gasteiger partial charge in [0.05, 0.1) is 24.8 Å². The summed E-state index contributed by atoms with van der Waals surface area (Å²) >= 11 is 0. The van der Waals surface area contributed by atoms with Crippen molar-refractivity contribution < 1.29 is 23.6 Å². The van der Waals surface area contributed by atoms with Crippen LogP contribution in [0.1, 0.15) is 105 Å². The molecule has 3 aromatic carbocycles. The summed E-state index contributed by atoms with van der Waals surface area (Å²) in [6.45, 7) is 17.1. The summed E-state index contributed by atoms with van der Waals surface area (Å²) in [5.74, 6) is 0.667. The topological polar surface area (TPSA) is 175 Å². The molecule has 3 aliphatic rings. The van der Waals surface area contributed by atoms with E-state index in [4.69, 9.17) is 14.2 Å². The number of benzene rings is 3. The van der Waals surface area contributed by atoms with Crippen LogP contribution in [-0.4, -0.2) is 101 Å². The lowest BCUT2D eigenvalue weighted by atomic mass is 9.89. The van der Waals surface area contributed by atoms with Crippen molar-refractivity contribution in [2.45, 2.75) is 84.1 Å². The van der Waals surface area contributed by atoms with Crippen LogP contribution in [0.15, 0.2) is 77.4 Å². The van der Waals surface area contributed by atoms with Gasteiger partial charge in [-0.3, -0.25) is 29.7 Å². The number of ether oxygens (including phenoxy) is 1. The van der Waals surface area contributed by atoms with E-state index < -0.39 is 0 Å². The zero-order valence-corrected chi connectivity index (χ0v) is 38.8. The van der Waals surface area contributed by atoms with Crippen LogP contribution >= 0.6 is 0 Å². The lowest BCUT2D eigenvalue weighted by Crippen LogP contribution is -2.47. The number of carbonyl (C=O) groups is 3. The first-order chi connectivity index (χ1) is 31.8. The Bertz CT molecular complexity index is 2720. The fourth-order valence-electron chi connectivity index (χ4n) is 9.67. The number of hydrogen-bond donors (Lipinski definition) is 3. The Morgan fingerprint density at radius 3 is 2.32 bits per heavy atom. The van der Waals surface area contributed by atoms with E-state index >= 15 is 0 Å². The van der Waals surface area contributed by atoms with Crippen molar-refractivity contribution in [1.29, 1.82) is 0 Å². The van der Waals surface area contributed by atoms with Crippen LogP contribution in [0.3, 0.4) is 0 Å². The highest BCUT2D eigenvalue weighted by molar-refractivity contribution is 6.01. The first-order valence-electron chi connectivity index (χ1n) is 23.3. The van der Waals surface area contributed by atoms with E-state index in [2.05, 4.69) is 94.2 Å². The minimum absolute atomic E-state index is 0.0242. The van der Waals surface area contributed by atoms with Crippen molar-refractivity contribution in [3.05, 3.63) is 101 Å². The molecule has 3 fully saturated rings. The Kier molecular flexibility index (Phi) is 12.6. The molecule has 0 aliphatic carbocycles. The largest absolute Gasteiger partial charge is 0.496 e. The number of hydrogen-bond acceptors (Lipinski definition) is 12. The number of aromatic amines is 1. The average molecular weight is 893 g/mol. The van der Waals surface area contributed by atoms with E-state index in [1.54, 1.807) is 7.11 Å². The lowest BCUT2D eigenvalue weighted by molar-refractivity contribution is -0.134. The number of methoxy groups -OCH3 is 1. The molecule has 3 N–H and O–H groups in total. The first kappa shape index (κ1) is 44.6. The molecule has 6 heterocycles. The van der Waals surface area contributed by atoms with Gasteiger partial charge in [-0.05, 0) is 99.0 Å². The minimum atomic E-state index is -0.381. The number of pyridine rings is 1. The van der Waals surface area contributed by atoms with Crippen molar-refractivity contribution in [2.24, 2.45) is 5.92 Å². The summed E-state index contributed by atoms with van der Waals surface area (Å²) in [6.07, 6.45) is 6.27. The molecule has 3 aliphatic heterocycles. The van der Waals surface area contributed by atoms with E-state index in [0.717, 1.165) is 109 Å². The van der Waals surface area contributed by atoms with Crippen molar-refractivity contribution in [2.75, 3.05) is 62.7 Å². The summed E-state index contributed by atoms with van der Waals surface area (Å²) in [7, 11) is 1.65. The van der Waals surface area contributed by atoms with Gasteiger partial charge in [0.25, 0.3) is 11.7 Å². The molecular weight excluding hydrogens is 833 g/mol. The Balaban J connectivity index is 0.754. The molecule has 0 saturated carbocycles. The van der Waals surface area contributed by atoms with E-state index in [1.165, 1.54) is 12.1 Å². The van der Waals surface area contributed by atoms with Gasteiger partial charge in [-0.15, -0.1) is 0 Å². The van der Waals surface area contributed by atoms with Gasteiger partial charge in [-0.25, -0.2) is 4.98 Å². The monoisotopic (exact) mass is 892 g/mol. The number of fused-ring (bicyclic) bond motifs is 1. The number of carbonyl (C=O) groups excluding carboxylic acids is 3. The van der Waals surface area contributed by atoms with E-state index in [1.807, 2.05) is 59.0 Å². The van der Waals surface area contributed by atoms with Gasteiger partial charge < -0.3 is 24.4 Å². The minimum Gasteiger partial charge on any atom is -0.496 e. The average Bonchev–Trinajstić information content (AvgIpc) is 4.00. The summed E-state index contributed by atoms with van der Waals surface area (Å²) in [6, 6.07) is 23.0. The molecule has 15 heteroatoms. The SMILES string of the molecule is COc1cc(N2CCC(CCN3CCN(c4ccc(-c5cnc6n[nH]c(-c7ccc([C@@H](C)NC(=O)c8noc(C(C)(C)C)n8)c(C)c7)c6c5)cc4)CC3)CC2)ccc1C1CCC(=O)NC1=O. The zero-order valence-electron chi connectivity index (χ0n) is 38.8. The summed E-state index contributed by atoms with van der Waals surface area (Å²) in [4.78, 5) is 53.7. The third-order valence-corrected chi connectivity index (χ3v) is 13.7. The van der Waals surface area contributed by atoms with Gasteiger partial charge in [0, 0.05) is 96.8 Å². The second kappa shape index (κ2) is 18.7. The summed E-state index contributed by atoms with van der Waals surface area (Å²) < 4.78 is 11.1. The fraction of sp³-hybridized carbons (Fsp3) is 0.431. The van der Waals surface area contributed by atoms with Crippen molar-refractivity contribution in [3.8, 4) is 28.1 Å². The highest BCUT2D eigenvalue weighted by atomic mass is 16.5. The molecule has 3 aromatic heterocycles. The Hall–Kier alpha value is -6.61.